The van der Waals surface area contributed by atoms with E-state index in [1.807, 2.05) is 4.57 Å². The number of sulfone groups is 1. The monoisotopic (exact) mass is 230 g/mol. The number of rotatable bonds is 2. The Hall–Kier alpha value is -0.880. The summed E-state index contributed by atoms with van der Waals surface area (Å²) in [5.74, 6) is 0.474. The van der Waals surface area contributed by atoms with E-state index in [0.29, 0.717) is 12.8 Å². The van der Waals surface area contributed by atoms with E-state index in [9.17, 15) is 8.42 Å². The van der Waals surface area contributed by atoms with E-state index < -0.39 is 9.84 Å². The van der Waals surface area contributed by atoms with Crippen LogP contribution in [0.3, 0.4) is 0 Å². The molecule has 1 aliphatic heterocycles. The van der Waals surface area contributed by atoms with Crippen LogP contribution in [0.15, 0.2) is 12.5 Å². The lowest BCUT2D eigenvalue weighted by Crippen LogP contribution is -2.26. The van der Waals surface area contributed by atoms with Crippen LogP contribution in [0.1, 0.15) is 24.6 Å². The molecule has 15 heavy (non-hydrogen) atoms. The summed E-state index contributed by atoms with van der Waals surface area (Å²) in [5.41, 5.74) is 0.749. The fourth-order valence-electron chi connectivity index (χ4n) is 1.94. The molecular weight excluding hydrogens is 216 g/mol. The van der Waals surface area contributed by atoms with Gasteiger partial charge in [-0.2, -0.15) is 0 Å². The summed E-state index contributed by atoms with van der Waals surface area (Å²) in [6.45, 7) is -0.0523. The highest BCUT2D eigenvalue weighted by Gasteiger charge is 2.25. The Bertz CT molecular complexity index is 424. The maximum absolute atomic E-state index is 11.2. The molecule has 0 bridgehead atoms. The summed E-state index contributed by atoms with van der Waals surface area (Å²) in [6.07, 6.45) is 4.51. The highest BCUT2D eigenvalue weighted by atomic mass is 32.2. The first kappa shape index (κ1) is 10.6. The first-order valence-electron chi connectivity index (χ1n) is 4.94. The van der Waals surface area contributed by atoms with Gasteiger partial charge in [-0.25, -0.2) is 13.4 Å². The van der Waals surface area contributed by atoms with Gasteiger partial charge in [-0.15, -0.1) is 0 Å². The molecule has 1 aromatic heterocycles. The lowest BCUT2D eigenvalue weighted by Gasteiger charge is -2.24. The summed E-state index contributed by atoms with van der Waals surface area (Å²) >= 11 is 0. The Morgan fingerprint density at radius 3 is 2.73 bits per heavy atom. The van der Waals surface area contributed by atoms with Crippen LogP contribution in [0.25, 0.3) is 0 Å². The Kier molecular flexibility index (Phi) is 2.79. The molecule has 1 aromatic rings. The SMILES string of the molecule is O=S1(=O)CCC(n2cncc2CO)CC1. The third kappa shape index (κ3) is 2.21. The molecule has 0 aromatic carbocycles. The van der Waals surface area contributed by atoms with Gasteiger partial charge in [0.15, 0.2) is 0 Å². The van der Waals surface area contributed by atoms with Gasteiger partial charge in [0.1, 0.15) is 9.84 Å². The largest absolute Gasteiger partial charge is 0.390 e. The number of aliphatic hydroxyl groups is 1. The molecule has 0 aliphatic carbocycles. The first-order valence-corrected chi connectivity index (χ1v) is 6.76. The molecule has 0 saturated carbocycles. The van der Waals surface area contributed by atoms with Gasteiger partial charge in [0.2, 0.25) is 0 Å². The normalized spacial score (nSPS) is 21.7. The van der Waals surface area contributed by atoms with Crippen molar-refractivity contribution in [3.63, 3.8) is 0 Å². The van der Waals surface area contributed by atoms with Gasteiger partial charge in [-0.1, -0.05) is 0 Å². The minimum atomic E-state index is -2.82. The van der Waals surface area contributed by atoms with Crippen LogP contribution < -0.4 is 0 Å². The van der Waals surface area contributed by atoms with Crippen LogP contribution >= 0.6 is 0 Å². The smallest absolute Gasteiger partial charge is 0.150 e. The van der Waals surface area contributed by atoms with Gasteiger partial charge in [-0.05, 0) is 12.8 Å². The Labute approximate surface area is 88.7 Å². The molecular formula is C9H14N2O3S. The van der Waals surface area contributed by atoms with E-state index in [0.717, 1.165) is 5.69 Å². The highest BCUT2D eigenvalue weighted by molar-refractivity contribution is 7.91. The number of imidazole rings is 1. The van der Waals surface area contributed by atoms with E-state index in [4.69, 9.17) is 5.11 Å². The average molecular weight is 230 g/mol. The first-order chi connectivity index (χ1) is 7.12. The summed E-state index contributed by atoms with van der Waals surface area (Å²) in [6, 6.07) is 0.165. The number of nitrogens with zero attached hydrogens (tertiary/aromatic N) is 2. The van der Waals surface area contributed by atoms with Crippen molar-refractivity contribution in [3.05, 3.63) is 18.2 Å². The molecule has 84 valence electrons. The number of hydrogen-bond donors (Lipinski definition) is 1. The van der Waals surface area contributed by atoms with Gasteiger partial charge >= 0.3 is 0 Å². The van der Waals surface area contributed by atoms with Gasteiger partial charge < -0.3 is 9.67 Å². The van der Waals surface area contributed by atoms with Gasteiger partial charge in [0.05, 0.1) is 36.3 Å². The lowest BCUT2D eigenvalue weighted by molar-refractivity contribution is 0.264. The van der Waals surface area contributed by atoms with Crippen molar-refractivity contribution in [2.75, 3.05) is 11.5 Å². The third-order valence-corrected chi connectivity index (χ3v) is 4.54. The molecule has 1 fully saturated rings. The van der Waals surface area contributed by atoms with Crippen molar-refractivity contribution >= 4 is 9.84 Å². The number of aromatic nitrogens is 2. The second-order valence-corrected chi connectivity index (χ2v) is 6.14. The quantitative estimate of drug-likeness (QED) is 0.783. The molecule has 0 unspecified atom stereocenters. The maximum Gasteiger partial charge on any atom is 0.150 e. The molecule has 1 aliphatic rings. The van der Waals surface area contributed by atoms with Crippen LogP contribution in [-0.4, -0.2) is 34.6 Å². The second kappa shape index (κ2) is 3.94. The van der Waals surface area contributed by atoms with Crippen molar-refractivity contribution in [2.24, 2.45) is 0 Å². The van der Waals surface area contributed by atoms with Crippen molar-refractivity contribution < 1.29 is 13.5 Å². The van der Waals surface area contributed by atoms with Crippen LogP contribution in [0.5, 0.6) is 0 Å². The van der Waals surface area contributed by atoms with Crippen molar-refractivity contribution in [3.8, 4) is 0 Å². The molecule has 2 rings (SSSR count). The molecule has 1 N–H and O–H groups in total. The van der Waals surface area contributed by atoms with Gasteiger partial charge in [-0.3, -0.25) is 0 Å². The number of aliphatic hydroxyl groups excluding tert-OH is 1. The zero-order valence-corrected chi connectivity index (χ0v) is 9.15. The van der Waals surface area contributed by atoms with E-state index in [1.165, 1.54) is 0 Å². The molecule has 0 spiro atoms. The lowest BCUT2D eigenvalue weighted by atomic mass is 10.1. The summed E-state index contributed by atoms with van der Waals surface area (Å²) in [5, 5.41) is 9.06. The highest BCUT2D eigenvalue weighted by Crippen LogP contribution is 2.24. The van der Waals surface area contributed by atoms with Crippen molar-refractivity contribution in [2.45, 2.75) is 25.5 Å². The molecule has 5 nitrogen and oxygen atoms in total. The number of hydrogen-bond acceptors (Lipinski definition) is 4. The van der Waals surface area contributed by atoms with E-state index in [-0.39, 0.29) is 24.2 Å². The summed E-state index contributed by atoms with van der Waals surface area (Å²) in [4.78, 5) is 3.96. The fourth-order valence-corrected chi connectivity index (χ4v) is 3.41. The van der Waals surface area contributed by atoms with Gasteiger partial charge in [0, 0.05) is 6.04 Å². The van der Waals surface area contributed by atoms with E-state index >= 15 is 0 Å². The summed E-state index contributed by atoms with van der Waals surface area (Å²) in [7, 11) is -2.82. The predicted octanol–water partition coefficient (Wildman–Crippen LogP) is 0.125. The minimum Gasteiger partial charge on any atom is -0.390 e. The van der Waals surface area contributed by atoms with E-state index in [2.05, 4.69) is 4.98 Å². The molecule has 6 heteroatoms. The Morgan fingerprint density at radius 2 is 2.13 bits per heavy atom. The molecule has 1 saturated heterocycles. The van der Waals surface area contributed by atoms with Gasteiger partial charge in [0.25, 0.3) is 0 Å². The minimum absolute atomic E-state index is 0.0523. The fraction of sp³-hybridized carbons (Fsp3) is 0.667. The average Bonchev–Trinajstić information content (AvgIpc) is 2.65. The Morgan fingerprint density at radius 1 is 1.47 bits per heavy atom. The zero-order chi connectivity index (χ0) is 10.9. The molecule has 0 radical (unpaired) electrons. The van der Waals surface area contributed by atoms with Crippen molar-refractivity contribution in [1.29, 1.82) is 0 Å². The molecule has 2 heterocycles. The molecule has 0 atom stereocenters. The standard InChI is InChI=1S/C9H14N2O3S/c12-6-9-5-10-7-11(9)8-1-3-15(13,14)4-2-8/h5,7-8,12H,1-4,6H2. The van der Waals surface area contributed by atoms with Crippen LogP contribution in [0.2, 0.25) is 0 Å². The Balaban J connectivity index is 2.14. The predicted molar refractivity (Wildman–Crippen MR) is 55.1 cm³/mol. The van der Waals surface area contributed by atoms with Crippen LogP contribution in [0, 0.1) is 0 Å². The maximum atomic E-state index is 11.2. The summed E-state index contributed by atoms with van der Waals surface area (Å²) < 4.78 is 24.4. The van der Waals surface area contributed by atoms with Crippen LogP contribution in [0.4, 0.5) is 0 Å². The van der Waals surface area contributed by atoms with E-state index in [1.54, 1.807) is 12.5 Å². The topological polar surface area (TPSA) is 72.2 Å². The third-order valence-electron chi connectivity index (χ3n) is 2.83. The van der Waals surface area contributed by atoms with Crippen LogP contribution in [-0.2, 0) is 16.4 Å². The second-order valence-electron chi connectivity index (χ2n) is 3.83. The van der Waals surface area contributed by atoms with Crippen molar-refractivity contribution in [1.82, 2.24) is 9.55 Å². The zero-order valence-electron chi connectivity index (χ0n) is 8.33. The molecule has 0 amide bonds.